The van der Waals surface area contributed by atoms with E-state index >= 15 is 0 Å². The molecule has 0 saturated heterocycles. The number of aromatic hydroxyl groups is 1. The molecule has 0 bridgehead atoms. The summed E-state index contributed by atoms with van der Waals surface area (Å²) in [6.45, 7) is 8.42. The van der Waals surface area contributed by atoms with Crippen LogP contribution < -0.4 is 14.4 Å². The van der Waals surface area contributed by atoms with Gasteiger partial charge in [-0.3, -0.25) is 0 Å². The molecular formula is C31H39NO4. The van der Waals surface area contributed by atoms with Crippen LogP contribution in [0.15, 0.2) is 60.7 Å². The Morgan fingerprint density at radius 3 is 2.39 bits per heavy atom. The Bertz CT molecular complexity index is 1150. The minimum absolute atomic E-state index is 0.0657. The fraction of sp³-hybridized carbons (Fsp3) is 0.419. The number of fused-ring (bicyclic) bond motifs is 1. The minimum atomic E-state index is 0.0657. The van der Waals surface area contributed by atoms with Crippen molar-refractivity contribution in [3.05, 3.63) is 82.9 Å². The second-order valence-electron chi connectivity index (χ2n) is 11.0. The van der Waals surface area contributed by atoms with Gasteiger partial charge in [0.05, 0.1) is 20.3 Å². The van der Waals surface area contributed by atoms with Gasteiger partial charge in [-0.1, -0.05) is 45.0 Å². The zero-order valence-corrected chi connectivity index (χ0v) is 22.0. The average Bonchev–Trinajstić information content (AvgIpc) is 2.87. The maximum absolute atomic E-state index is 9.93. The van der Waals surface area contributed by atoms with E-state index < -0.39 is 0 Å². The summed E-state index contributed by atoms with van der Waals surface area (Å²) in [7, 11) is 1.69. The van der Waals surface area contributed by atoms with Crippen LogP contribution in [-0.4, -0.2) is 37.1 Å². The summed E-state index contributed by atoms with van der Waals surface area (Å²) in [4.78, 5) is 2.25. The Balaban J connectivity index is 1.58. The topological polar surface area (TPSA) is 62.2 Å². The fourth-order valence-corrected chi connectivity index (χ4v) is 4.89. The summed E-state index contributed by atoms with van der Waals surface area (Å²) in [5.41, 5.74) is 6.17. The van der Waals surface area contributed by atoms with Crippen LogP contribution in [0, 0.1) is 5.41 Å². The van der Waals surface area contributed by atoms with E-state index in [0.717, 1.165) is 42.0 Å². The van der Waals surface area contributed by atoms with Gasteiger partial charge in [0.25, 0.3) is 0 Å². The van der Waals surface area contributed by atoms with Gasteiger partial charge in [-0.05, 0) is 83.2 Å². The van der Waals surface area contributed by atoms with Gasteiger partial charge >= 0.3 is 0 Å². The highest BCUT2D eigenvalue weighted by Gasteiger charge is 2.25. The third-order valence-corrected chi connectivity index (χ3v) is 6.77. The number of benzene rings is 3. The van der Waals surface area contributed by atoms with E-state index in [2.05, 4.69) is 56.0 Å². The van der Waals surface area contributed by atoms with Crippen LogP contribution in [0.2, 0.25) is 0 Å². The van der Waals surface area contributed by atoms with Crippen LogP contribution in [-0.2, 0) is 19.4 Å². The normalized spacial score (nSPS) is 15.3. The lowest BCUT2D eigenvalue weighted by atomic mass is 9.79. The smallest absolute Gasteiger partial charge is 0.120 e. The third kappa shape index (κ3) is 6.52. The largest absolute Gasteiger partial charge is 0.508 e. The van der Waals surface area contributed by atoms with Crippen molar-refractivity contribution in [1.29, 1.82) is 0 Å². The highest BCUT2D eigenvalue weighted by Crippen LogP contribution is 2.40. The van der Waals surface area contributed by atoms with Gasteiger partial charge in [0.2, 0.25) is 0 Å². The van der Waals surface area contributed by atoms with Crippen molar-refractivity contribution in [3.8, 4) is 17.2 Å². The van der Waals surface area contributed by atoms with Crippen molar-refractivity contribution in [2.75, 3.05) is 31.8 Å². The standard InChI is InChI=1S/C31H39NO4/c1-31(2,3)21-36-27-11-5-22(6-12-27)20-32(15-16-33)30-19-28(35-4)13-14-29(30)25-8-7-24-18-26(34)10-9-23(24)17-25/h5-6,9-14,18-19,25,33-34H,7-8,15-17,20-21H2,1-4H3/t25-/m1/s1. The molecule has 4 rings (SSSR count). The first-order chi connectivity index (χ1) is 17.3. The molecule has 0 spiro atoms. The van der Waals surface area contributed by atoms with Gasteiger partial charge < -0.3 is 24.6 Å². The molecule has 1 atom stereocenters. The lowest BCUT2D eigenvalue weighted by Crippen LogP contribution is -2.28. The molecular weight excluding hydrogens is 450 g/mol. The van der Waals surface area contributed by atoms with Crippen molar-refractivity contribution >= 4 is 5.69 Å². The molecule has 3 aromatic carbocycles. The number of rotatable bonds is 9. The first kappa shape index (κ1) is 25.9. The number of hydrogen-bond donors (Lipinski definition) is 2. The van der Waals surface area contributed by atoms with Gasteiger partial charge in [-0.2, -0.15) is 0 Å². The summed E-state index contributed by atoms with van der Waals surface area (Å²) in [5.74, 6) is 2.37. The molecule has 0 heterocycles. The number of hydrogen-bond acceptors (Lipinski definition) is 5. The van der Waals surface area contributed by atoms with Gasteiger partial charge in [-0.15, -0.1) is 0 Å². The maximum atomic E-state index is 9.93. The summed E-state index contributed by atoms with van der Waals surface area (Å²) < 4.78 is 11.5. The van der Waals surface area contributed by atoms with Crippen LogP contribution in [0.5, 0.6) is 17.2 Å². The van der Waals surface area contributed by atoms with Crippen molar-refractivity contribution < 1.29 is 19.7 Å². The molecule has 3 aromatic rings. The number of methoxy groups -OCH3 is 1. The van der Waals surface area contributed by atoms with Crippen LogP contribution in [0.3, 0.4) is 0 Å². The number of aryl methyl sites for hydroxylation is 1. The van der Waals surface area contributed by atoms with Crippen molar-refractivity contribution in [1.82, 2.24) is 0 Å². The number of aliphatic hydroxyl groups excluding tert-OH is 1. The maximum Gasteiger partial charge on any atom is 0.120 e. The SMILES string of the molecule is COc1ccc([C@@H]2CCc3cc(O)ccc3C2)c(N(CCO)Cc2ccc(OCC(C)(C)C)cc2)c1. The predicted octanol–water partition coefficient (Wildman–Crippen LogP) is 6.10. The third-order valence-electron chi connectivity index (χ3n) is 6.77. The Morgan fingerprint density at radius 1 is 0.944 bits per heavy atom. The van der Waals surface area contributed by atoms with Crippen LogP contribution in [0.1, 0.15) is 55.4 Å². The molecule has 0 aliphatic heterocycles. The highest BCUT2D eigenvalue weighted by molar-refractivity contribution is 5.60. The van der Waals surface area contributed by atoms with Crippen molar-refractivity contribution in [2.45, 2.75) is 52.5 Å². The number of anilines is 1. The monoisotopic (exact) mass is 489 g/mol. The van der Waals surface area contributed by atoms with Gasteiger partial charge in [-0.25, -0.2) is 0 Å². The molecule has 192 valence electrons. The molecule has 5 heteroatoms. The number of aliphatic hydroxyl groups is 1. The number of phenols is 1. The van der Waals surface area contributed by atoms with Crippen LogP contribution in [0.4, 0.5) is 5.69 Å². The summed E-state index contributed by atoms with van der Waals surface area (Å²) >= 11 is 0. The Kier molecular flexibility index (Phi) is 8.10. The van der Waals surface area contributed by atoms with Crippen molar-refractivity contribution in [2.24, 2.45) is 5.41 Å². The Hall–Kier alpha value is -3.18. The van der Waals surface area contributed by atoms with Crippen LogP contribution in [0.25, 0.3) is 0 Å². The molecule has 5 nitrogen and oxygen atoms in total. The Morgan fingerprint density at radius 2 is 1.69 bits per heavy atom. The van der Waals surface area contributed by atoms with E-state index in [9.17, 15) is 10.2 Å². The first-order valence-corrected chi connectivity index (χ1v) is 12.8. The highest BCUT2D eigenvalue weighted by atomic mass is 16.5. The van der Waals surface area contributed by atoms with Crippen LogP contribution >= 0.6 is 0 Å². The van der Waals surface area contributed by atoms with Gasteiger partial charge in [0, 0.05) is 24.8 Å². The lowest BCUT2D eigenvalue weighted by Gasteiger charge is -2.32. The molecule has 0 saturated carbocycles. The van der Waals surface area contributed by atoms with Gasteiger partial charge in [0.1, 0.15) is 17.2 Å². The first-order valence-electron chi connectivity index (χ1n) is 12.8. The molecule has 1 aliphatic carbocycles. The van der Waals surface area contributed by atoms with Gasteiger partial charge in [0.15, 0.2) is 0 Å². The second-order valence-corrected chi connectivity index (χ2v) is 11.0. The van der Waals surface area contributed by atoms with E-state index in [4.69, 9.17) is 9.47 Å². The molecule has 0 aromatic heterocycles. The fourth-order valence-electron chi connectivity index (χ4n) is 4.89. The molecule has 0 fully saturated rings. The number of phenolic OH excluding ortho intramolecular Hbond substituents is 1. The molecule has 0 radical (unpaired) electrons. The Labute approximate surface area is 215 Å². The van der Waals surface area contributed by atoms with E-state index in [0.29, 0.717) is 31.4 Å². The van der Waals surface area contributed by atoms with E-state index in [1.165, 1.54) is 16.7 Å². The summed E-state index contributed by atoms with van der Waals surface area (Å²) in [6, 6.07) is 20.3. The zero-order chi connectivity index (χ0) is 25.7. The van der Waals surface area contributed by atoms with E-state index in [1.807, 2.05) is 24.3 Å². The zero-order valence-electron chi connectivity index (χ0n) is 22.0. The molecule has 0 unspecified atom stereocenters. The molecule has 2 N–H and O–H groups in total. The minimum Gasteiger partial charge on any atom is -0.508 e. The average molecular weight is 490 g/mol. The van der Waals surface area contributed by atoms with E-state index in [-0.39, 0.29) is 12.0 Å². The van der Waals surface area contributed by atoms with Crippen molar-refractivity contribution in [3.63, 3.8) is 0 Å². The summed E-state index contributed by atoms with van der Waals surface area (Å²) in [6.07, 6.45) is 2.89. The quantitative estimate of drug-likeness (QED) is 0.380. The lowest BCUT2D eigenvalue weighted by molar-refractivity contribution is 0.198. The predicted molar refractivity (Wildman–Crippen MR) is 145 cm³/mol. The number of ether oxygens (including phenoxy) is 2. The van der Waals surface area contributed by atoms with E-state index in [1.54, 1.807) is 13.2 Å². The molecule has 1 aliphatic rings. The summed E-state index contributed by atoms with van der Waals surface area (Å²) in [5, 5.41) is 19.8. The molecule has 0 amide bonds. The second kappa shape index (κ2) is 11.3. The molecule has 36 heavy (non-hydrogen) atoms. The number of nitrogens with zero attached hydrogens (tertiary/aromatic N) is 1.